The van der Waals surface area contributed by atoms with Crippen molar-refractivity contribution in [3.63, 3.8) is 0 Å². The lowest BCUT2D eigenvalue weighted by molar-refractivity contribution is 0.253. The number of hydrogen-bond donors (Lipinski definition) is 1. The van der Waals surface area contributed by atoms with Crippen molar-refractivity contribution in [2.24, 2.45) is 10.4 Å². The fraction of sp³-hybridized carbons (Fsp3) is 0.577. The monoisotopic (exact) mass is 485 g/mol. The van der Waals surface area contributed by atoms with Gasteiger partial charge in [0.25, 0.3) is 0 Å². The van der Waals surface area contributed by atoms with E-state index in [2.05, 4.69) is 61.8 Å². The molecule has 2 aromatic rings. The lowest BCUT2D eigenvalue weighted by Gasteiger charge is -2.42. The van der Waals surface area contributed by atoms with Crippen LogP contribution in [-0.4, -0.2) is 49.4 Å². The van der Waals surface area contributed by atoms with Gasteiger partial charge in [0.1, 0.15) is 5.69 Å². The summed E-state index contributed by atoms with van der Waals surface area (Å²) < 4.78 is 32.7. The predicted molar refractivity (Wildman–Crippen MR) is 138 cm³/mol. The molecular weight excluding hydrogens is 448 g/mol. The van der Waals surface area contributed by atoms with Crippen LogP contribution in [-0.2, 0) is 6.54 Å². The van der Waals surface area contributed by atoms with Crippen molar-refractivity contribution < 1.29 is 8.78 Å². The zero-order valence-electron chi connectivity index (χ0n) is 21.7. The zero-order valence-corrected chi connectivity index (χ0v) is 22.7. The second-order valence-electron chi connectivity index (χ2n) is 12.1. The minimum Gasteiger partial charge on any atom is -0.351 e. The molecule has 2 aliphatic heterocycles. The van der Waals surface area contributed by atoms with Crippen molar-refractivity contribution in [2.75, 3.05) is 24.5 Å². The molecule has 2 aliphatic rings. The van der Waals surface area contributed by atoms with Crippen LogP contribution >= 0.6 is 0 Å². The Morgan fingerprint density at radius 3 is 2.44 bits per heavy atom. The second-order valence-corrected chi connectivity index (χ2v) is 17.4. The van der Waals surface area contributed by atoms with Crippen LogP contribution in [0.1, 0.15) is 58.5 Å². The first-order valence-corrected chi connectivity index (χ1v) is 15.1. The van der Waals surface area contributed by atoms with Crippen LogP contribution in [0.4, 0.5) is 14.6 Å². The molecule has 1 saturated heterocycles. The van der Waals surface area contributed by atoms with E-state index in [0.717, 1.165) is 17.8 Å². The van der Waals surface area contributed by atoms with Crippen molar-refractivity contribution in [1.29, 1.82) is 0 Å². The molecule has 184 valence electrons. The fourth-order valence-electron chi connectivity index (χ4n) is 4.56. The van der Waals surface area contributed by atoms with Gasteiger partial charge in [-0.15, -0.1) is 0 Å². The van der Waals surface area contributed by atoms with Gasteiger partial charge in [0.2, 0.25) is 0 Å². The average molecular weight is 486 g/mol. The number of aromatic nitrogens is 2. The van der Waals surface area contributed by atoms with Gasteiger partial charge in [0.05, 0.1) is 26.0 Å². The highest BCUT2D eigenvalue weighted by molar-refractivity contribution is 6.92. The van der Waals surface area contributed by atoms with E-state index in [9.17, 15) is 0 Å². The molecule has 0 bridgehead atoms. The Kier molecular flexibility index (Phi) is 6.22. The van der Waals surface area contributed by atoms with Crippen LogP contribution in [0, 0.1) is 17.0 Å². The highest BCUT2D eigenvalue weighted by atomic mass is 28.3. The van der Waals surface area contributed by atoms with Gasteiger partial charge >= 0.3 is 0 Å². The number of anilines is 1. The van der Waals surface area contributed by atoms with E-state index in [-0.39, 0.29) is 33.2 Å². The standard InChI is InChI=1S/C26H37F2N5Si/c1-25(2,3)18-15-33(13-12-30-18)24-20(28)23(34(7,8)26(4,5)6)19(27)22(32-24)21-16-10-9-11-29-17(16)14-31-21/h9-11,18,30H,12-15H2,1-8H3. The van der Waals surface area contributed by atoms with E-state index in [1.807, 2.05) is 30.1 Å². The molecule has 4 heterocycles. The van der Waals surface area contributed by atoms with Gasteiger partial charge in [-0.2, -0.15) is 0 Å². The van der Waals surface area contributed by atoms with E-state index in [1.54, 1.807) is 6.20 Å². The summed E-state index contributed by atoms with van der Waals surface area (Å²) in [5.41, 5.74) is 2.20. The van der Waals surface area contributed by atoms with Gasteiger partial charge < -0.3 is 10.2 Å². The molecule has 4 rings (SSSR count). The summed E-state index contributed by atoms with van der Waals surface area (Å²) in [6.07, 6.45) is 1.71. The van der Waals surface area contributed by atoms with E-state index < -0.39 is 19.7 Å². The molecule has 0 spiro atoms. The summed E-state index contributed by atoms with van der Waals surface area (Å²) in [5.74, 6) is -0.828. The summed E-state index contributed by atoms with van der Waals surface area (Å²) in [6, 6.07) is 3.88. The molecule has 1 unspecified atom stereocenters. The maximum absolute atomic E-state index is 16.3. The molecule has 34 heavy (non-hydrogen) atoms. The maximum Gasteiger partial charge on any atom is 0.167 e. The molecular formula is C26H37F2N5Si. The number of piperazine rings is 1. The number of rotatable bonds is 3. The number of nitrogens with one attached hydrogen (secondary N) is 1. The molecule has 0 aromatic carbocycles. The third-order valence-electron chi connectivity index (χ3n) is 7.84. The third kappa shape index (κ3) is 4.19. The van der Waals surface area contributed by atoms with Crippen molar-refractivity contribution in [3.8, 4) is 0 Å². The molecule has 8 heteroatoms. The lowest BCUT2D eigenvalue weighted by atomic mass is 9.85. The topological polar surface area (TPSA) is 53.4 Å². The van der Waals surface area contributed by atoms with Gasteiger partial charge in [-0.05, 0) is 22.6 Å². The third-order valence-corrected chi connectivity index (χ3v) is 13.3. The average Bonchev–Trinajstić information content (AvgIpc) is 3.16. The molecule has 1 fully saturated rings. The summed E-state index contributed by atoms with van der Waals surface area (Å²) in [5, 5.41) is 3.51. The van der Waals surface area contributed by atoms with Gasteiger partial charge in [0, 0.05) is 42.6 Å². The van der Waals surface area contributed by atoms with Crippen LogP contribution in [0.5, 0.6) is 0 Å². The van der Waals surface area contributed by atoms with Crippen molar-refractivity contribution >= 4 is 24.8 Å². The quantitative estimate of drug-likeness (QED) is 0.644. The van der Waals surface area contributed by atoms with Gasteiger partial charge in [-0.1, -0.05) is 54.6 Å². The summed E-state index contributed by atoms with van der Waals surface area (Å²) in [6.45, 7) is 19.2. The highest BCUT2D eigenvalue weighted by Gasteiger charge is 2.44. The number of pyridine rings is 2. The van der Waals surface area contributed by atoms with E-state index in [4.69, 9.17) is 0 Å². The van der Waals surface area contributed by atoms with Crippen LogP contribution in [0.2, 0.25) is 18.1 Å². The van der Waals surface area contributed by atoms with Crippen LogP contribution in [0.25, 0.3) is 0 Å². The van der Waals surface area contributed by atoms with E-state index in [0.29, 0.717) is 25.3 Å². The second kappa shape index (κ2) is 8.48. The normalized spacial score (nSPS) is 19.3. The summed E-state index contributed by atoms with van der Waals surface area (Å²) in [7, 11) is -2.60. The van der Waals surface area contributed by atoms with Crippen LogP contribution < -0.4 is 15.4 Å². The summed E-state index contributed by atoms with van der Waals surface area (Å²) in [4.78, 5) is 15.6. The number of nitrogens with zero attached hydrogens (tertiary/aromatic N) is 4. The predicted octanol–water partition coefficient (Wildman–Crippen LogP) is 4.65. The molecule has 0 radical (unpaired) electrons. The first kappa shape index (κ1) is 24.9. The Labute approximate surface area is 203 Å². The minimum atomic E-state index is -2.60. The molecule has 0 aliphatic carbocycles. The Morgan fingerprint density at radius 1 is 1.09 bits per heavy atom. The Hall–Kier alpha value is -2.19. The van der Waals surface area contributed by atoms with E-state index >= 15 is 8.78 Å². The number of halogens is 2. The van der Waals surface area contributed by atoms with Crippen molar-refractivity contribution in [1.82, 2.24) is 15.3 Å². The highest BCUT2D eigenvalue weighted by Crippen LogP contribution is 2.38. The first-order chi connectivity index (χ1) is 15.7. The number of fused-ring (bicyclic) bond motifs is 1. The maximum atomic E-state index is 16.3. The summed E-state index contributed by atoms with van der Waals surface area (Å²) >= 11 is 0. The number of aliphatic imine (C=N–C) groups is 1. The SMILES string of the molecule is CC(C)(C)C1CN(c2nc(C3=NCc4ncccc43)c(F)c([Si](C)(C)C(C)(C)C)c2F)CCN1. The van der Waals surface area contributed by atoms with Crippen LogP contribution in [0.3, 0.4) is 0 Å². The largest absolute Gasteiger partial charge is 0.351 e. The Bertz CT molecular complexity index is 1130. The van der Waals surface area contributed by atoms with Gasteiger partial charge in [-0.3, -0.25) is 9.98 Å². The first-order valence-electron chi connectivity index (χ1n) is 12.1. The lowest BCUT2D eigenvalue weighted by Crippen LogP contribution is -2.58. The smallest absolute Gasteiger partial charge is 0.167 e. The molecule has 2 aromatic heterocycles. The zero-order chi connectivity index (χ0) is 25.1. The van der Waals surface area contributed by atoms with E-state index in [1.165, 1.54) is 0 Å². The van der Waals surface area contributed by atoms with Gasteiger partial charge in [0.15, 0.2) is 17.5 Å². The van der Waals surface area contributed by atoms with Crippen molar-refractivity contribution in [2.45, 2.75) is 72.3 Å². The van der Waals surface area contributed by atoms with Gasteiger partial charge in [-0.25, -0.2) is 13.8 Å². The molecule has 1 N–H and O–H groups in total. The molecule has 0 saturated carbocycles. The fourth-order valence-corrected chi connectivity index (χ4v) is 6.64. The molecule has 0 amide bonds. The van der Waals surface area contributed by atoms with Crippen molar-refractivity contribution in [3.05, 3.63) is 46.9 Å². The minimum absolute atomic E-state index is 0.000409. The van der Waals surface area contributed by atoms with Crippen LogP contribution in [0.15, 0.2) is 23.3 Å². The molecule has 5 nitrogen and oxygen atoms in total. The Balaban J connectivity index is 1.93. The molecule has 1 atom stereocenters. The Morgan fingerprint density at radius 2 is 1.79 bits per heavy atom. The number of hydrogen-bond acceptors (Lipinski definition) is 5.